The molecule has 5 heteroatoms. The molecule has 0 atom stereocenters. The van der Waals surface area contributed by atoms with E-state index in [1.54, 1.807) is 24.3 Å². The van der Waals surface area contributed by atoms with Crippen molar-refractivity contribution in [1.82, 2.24) is 4.98 Å². The van der Waals surface area contributed by atoms with Crippen molar-refractivity contribution in [2.24, 2.45) is 0 Å². The fourth-order valence-corrected chi connectivity index (χ4v) is 1.93. The van der Waals surface area contributed by atoms with Crippen molar-refractivity contribution in [2.75, 3.05) is 11.9 Å². The number of hydrogen-bond donors (Lipinski definition) is 1. The third-order valence-corrected chi connectivity index (χ3v) is 3.19. The van der Waals surface area contributed by atoms with Gasteiger partial charge in [-0.25, -0.2) is 4.98 Å². The van der Waals surface area contributed by atoms with Gasteiger partial charge in [0.1, 0.15) is 24.2 Å². The maximum atomic E-state index is 9.03. The molecule has 0 saturated carbocycles. The van der Waals surface area contributed by atoms with E-state index in [0.717, 1.165) is 18.8 Å². The summed E-state index contributed by atoms with van der Waals surface area (Å²) in [4.78, 5) is 4.43. The molecule has 0 aliphatic rings. The minimum absolute atomic E-state index is 0.221. The number of nitriles is 1. The van der Waals surface area contributed by atoms with Gasteiger partial charge in [-0.3, -0.25) is 0 Å². The van der Waals surface area contributed by atoms with E-state index >= 15 is 0 Å². The van der Waals surface area contributed by atoms with E-state index in [0.29, 0.717) is 22.0 Å². The first-order valence-corrected chi connectivity index (χ1v) is 7.13. The number of halogens is 1. The summed E-state index contributed by atoms with van der Waals surface area (Å²) < 4.78 is 5.66. The average molecular weight is 302 g/mol. The Morgan fingerprint density at radius 3 is 2.86 bits per heavy atom. The second-order valence-electron chi connectivity index (χ2n) is 4.45. The quantitative estimate of drug-likeness (QED) is 0.876. The molecule has 2 aromatic rings. The molecule has 0 fully saturated rings. The van der Waals surface area contributed by atoms with Crippen LogP contribution in [0.2, 0.25) is 5.02 Å². The van der Waals surface area contributed by atoms with E-state index in [1.807, 2.05) is 12.1 Å². The van der Waals surface area contributed by atoms with E-state index < -0.39 is 0 Å². The first kappa shape index (κ1) is 15.1. The summed E-state index contributed by atoms with van der Waals surface area (Å²) in [5.74, 6) is 1.30. The topological polar surface area (TPSA) is 57.9 Å². The van der Waals surface area contributed by atoms with Gasteiger partial charge in [0.05, 0.1) is 16.3 Å². The lowest BCUT2D eigenvalue weighted by Crippen LogP contribution is -2.06. The minimum Gasteiger partial charge on any atom is -0.486 e. The van der Waals surface area contributed by atoms with Gasteiger partial charge in [-0.2, -0.15) is 5.26 Å². The second kappa shape index (κ2) is 7.51. The Kier molecular flexibility index (Phi) is 5.42. The van der Waals surface area contributed by atoms with Crippen LogP contribution in [-0.2, 0) is 6.61 Å². The lowest BCUT2D eigenvalue weighted by Gasteiger charge is -2.10. The lowest BCUT2D eigenvalue weighted by molar-refractivity contribution is 0.300. The van der Waals surface area contributed by atoms with Crippen LogP contribution in [0.5, 0.6) is 5.75 Å². The summed E-state index contributed by atoms with van der Waals surface area (Å²) in [6.45, 7) is 3.16. The smallest absolute Gasteiger partial charge is 0.137 e. The first-order valence-electron chi connectivity index (χ1n) is 6.75. The van der Waals surface area contributed by atoms with Gasteiger partial charge in [-0.15, -0.1) is 0 Å². The number of ether oxygens (including phenoxy) is 1. The predicted molar refractivity (Wildman–Crippen MR) is 83.5 cm³/mol. The zero-order valence-corrected chi connectivity index (χ0v) is 12.5. The fraction of sp³-hybridized carbons (Fsp3) is 0.250. The molecule has 21 heavy (non-hydrogen) atoms. The highest BCUT2D eigenvalue weighted by Crippen LogP contribution is 2.21. The molecule has 0 aliphatic carbocycles. The number of benzene rings is 1. The second-order valence-corrected chi connectivity index (χ2v) is 4.86. The minimum atomic E-state index is 0.221. The number of nitrogens with one attached hydrogen (secondary N) is 1. The van der Waals surface area contributed by atoms with Gasteiger partial charge in [-0.1, -0.05) is 30.7 Å². The van der Waals surface area contributed by atoms with Crippen LogP contribution >= 0.6 is 11.6 Å². The highest BCUT2D eigenvalue weighted by molar-refractivity contribution is 6.31. The van der Waals surface area contributed by atoms with Crippen LogP contribution in [0.1, 0.15) is 24.6 Å². The van der Waals surface area contributed by atoms with E-state index in [-0.39, 0.29) is 6.61 Å². The third-order valence-electron chi connectivity index (χ3n) is 2.85. The van der Waals surface area contributed by atoms with Crippen molar-refractivity contribution in [3.05, 3.63) is 52.7 Å². The number of rotatable bonds is 6. The number of pyridine rings is 1. The summed E-state index contributed by atoms with van der Waals surface area (Å²) in [5.41, 5.74) is 1.14. The molecular formula is C16H16ClN3O. The number of aromatic nitrogens is 1. The van der Waals surface area contributed by atoms with Gasteiger partial charge in [-0.05, 0) is 30.7 Å². The summed E-state index contributed by atoms with van der Waals surface area (Å²) in [5, 5.41) is 12.8. The molecule has 0 unspecified atom stereocenters. The molecule has 108 valence electrons. The van der Waals surface area contributed by atoms with Crippen molar-refractivity contribution in [3.63, 3.8) is 0 Å². The Morgan fingerprint density at radius 1 is 1.29 bits per heavy atom. The summed E-state index contributed by atoms with van der Waals surface area (Å²) in [6, 6.07) is 12.8. The molecule has 0 bridgehead atoms. The molecule has 0 amide bonds. The SMILES string of the molecule is CCCNc1ccc(Cl)c(COc2ccccc2C#N)n1. The summed E-state index contributed by atoms with van der Waals surface area (Å²) in [7, 11) is 0. The van der Waals surface area contributed by atoms with Crippen molar-refractivity contribution in [3.8, 4) is 11.8 Å². The molecule has 1 aromatic carbocycles. The Hall–Kier alpha value is -2.25. The van der Waals surface area contributed by atoms with Crippen molar-refractivity contribution < 1.29 is 4.74 Å². The number of hydrogen-bond acceptors (Lipinski definition) is 4. The van der Waals surface area contributed by atoms with E-state index in [2.05, 4.69) is 23.3 Å². The maximum Gasteiger partial charge on any atom is 0.137 e. The number of nitrogens with zero attached hydrogens (tertiary/aromatic N) is 2. The monoisotopic (exact) mass is 301 g/mol. The molecule has 0 radical (unpaired) electrons. The fourth-order valence-electron chi connectivity index (χ4n) is 1.77. The van der Waals surface area contributed by atoms with Crippen LogP contribution < -0.4 is 10.1 Å². The van der Waals surface area contributed by atoms with Crippen LogP contribution in [0.15, 0.2) is 36.4 Å². The molecule has 2 rings (SSSR count). The number of para-hydroxylation sites is 1. The zero-order chi connectivity index (χ0) is 15.1. The van der Waals surface area contributed by atoms with Crippen LogP contribution in [0.25, 0.3) is 0 Å². The Balaban J connectivity index is 2.10. The van der Waals surface area contributed by atoms with E-state index in [4.69, 9.17) is 21.6 Å². The predicted octanol–water partition coefficient (Wildman–Crippen LogP) is 4.01. The zero-order valence-electron chi connectivity index (χ0n) is 11.8. The standard InChI is InChI=1S/C16H16ClN3O/c1-2-9-19-16-8-7-13(17)14(20-16)11-21-15-6-4-3-5-12(15)10-18/h3-8H,2,9,11H2,1H3,(H,19,20). The average Bonchev–Trinajstić information content (AvgIpc) is 2.53. The lowest BCUT2D eigenvalue weighted by atomic mass is 10.2. The molecule has 0 saturated heterocycles. The third kappa shape index (κ3) is 4.11. The maximum absolute atomic E-state index is 9.03. The molecule has 1 aromatic heterocycles. The van der Waals surface area contributed by atoms with E-state index in [9.17, 15) is 0 Å². The molecule has 0 spiro atoms. The number of anilines is 1. The Bertz CT molecular complexity index is 652. The van der Waals surface area contributed by atoms with Gasteiger partial charge in [0.25, 0.3) is 0 Å². The summed E-state index contributed by atoms with van der Waals surface area (Å²) >= 11 is 6.13. The molecule has 1 N–H and O–H groups in total. The van der Waals surface area contributed by atoms with Crippen molar-refractivity contribution in [2.45, 2.75) is 20.0 Å². The van der Waals surface area contributed by atoms with Crippen molar-refractivity contribution >= 4 is 17.4 Å². The largest absolute Gasteiger partial charge is 0.486 e. The first-order chi connectivity index (χ1) is 10.2. The van der Waals surface area contributed by atoms with Crippen LogP contribution in [-0.4, -0.2) is 11.5 Å². The normalized spacial score (nSPS) is 9.95. The molecular weight excluding hydrogens is 286 g/mol. The van der Waals surface area contributed by atoms with E-state index in [1.165, 1.54) is 0 Å². The molecule has 1 heterocycles. The van der Waals surface area contributed by atoms with Crippen molar-refractivity contribution in [1.29, 1.82) is 5.26 Å². The van der Waals surface area contributed by atoms with Gasteiger partial charge in [0.2, 0.25) is 0 Å². The Morgan fingerprint density at radius 2 is 2.10 bits per heavy atom. The van der Waals surface area contributed by atoms with Gasteiger partial charge < -0.3 is 10.1 Å². The van der Waals surface area contributed by atoms with Gasteiger partial charge >= 0.3 is 0 Å². The highest BCUT2D eigenvalue weighted by atomic mass is 35.5. The Labute approximate surface area is 129 Å². The van der Waals surface area contributed by atoms with Gasteiger partial charge in [0, 0.05) is 6.54 Å². The van der Waals surface area contributed by atoms with Gasteiger partial charge in [0.15, 0.2) is 0 Å². The van der Waals surface area contributed by atoms with Crippen LogP contribution in [0.4, 0.5) is 5.82 Å². The molecule has 4 nitrogen and oxygen atoms in total. The molecule has 0 aliphatic heterocycles. The van der Waals surface area contributed by atoms with Crippen LogP contribution in [0.3, 0.4) is 0 Å². The highest BCUT2D eigenvalue weighted by Gasteiger charge is 2.07. The summed E-state index contributed by atoms with van der Waals surface area (Å²) in [6.07, 6.45) is 1.02. The van der Waals surface area contributed by atoms with Crippen LogP contribution in [0, 0.1) is 11.3 Å².